The lowest BCUT2D eigenvalue weighted by atomic mass is 9.90. The van der Waals surface area contributed by atoms with Crippen LogP contribution in [-0.4, -0.2) is 24.8 Å². The second kappa shape index (κ2) is 5.65. The molecule has 20 heavy (non-hydrogen) atoms. The predicted molar refractivity (Wildman–Crippen MR) is 74.9 cm³/mol. The second-order valence-electron chi connectivity index (χ2n) is 5.63. The van der Waals surface area contributed by atoms with E-state index in [1.807, 2.05) is 12.1 Å². The van der Waals surface area contributed by atoms with Crippen LogP contribution in [0.4, 0.5) is 0 Å². The number of rotatable bonds is 5. The van der Waals surface area contributed by atoms with Gasteiger partial charge in [0.2, 0.25) is 0 Å². The van der Waals surface area contributed by atoms with Crippen molar-refractivity contribution in [2.75, 3.05) is 13.2 Å². The van der Waals surface area contributed by atoms with Gasteiger partial charge in [0.05, 0.1) is 0 Å². The number of ether oxygens (including phenoxy) is 1. The zero-order chi connectivity index (χ0) is 13.9. The summed E-state index contributed by atoms with van der Waals surface area (Å²) in [7, 11) is 0. The highest BCUT2D eigenvalue weighted by atomic mass is 16.5. The van der Waals surface area contributed by atoms with Crippen LogP contribution in [0.1, 0.15) is 41.6 Å². The van der Waals surface area contributed by atoms with E-state index in [1.54, 1.807) is 6.07 Å². The molecule has 0 spiro atoms. The summed E-state index contributed by atoms with van der Waals surface area (Å²) in [5, 5.41) is 2.86. The number of hydrogen-bond acceptors (Lipinski definition) is 3. The molecule has 4 nitrogen and oxygen atoms in total. The Kier molecular flexibility index (Phi) is 3.72. The average Bonchev–Trinajstić information content (AvgIpc) is 3.28. The molecular weight excluding hydrogens is 254 g/mol. The number of nitrogens with one attached hydrogen (secondary N) is 1. The molecule has 0 atom stereocenters. The van der Waals surface area contributed by atoms with Crippen molar-refractivity contribution in [3.05, 3.63) is 29.3 Å². The largest absolute Gasteiger partial charge is 0.484 e. The fourth-order valence-electron chi connectivity index (χ4n) is 2.48. The number of amides is 1. The molecular formula is C16H19NO3. The van der Waals surface area contributed by atoms with Crippen LogP contribution >= 0.6 is 0 Å². The van der Waals surface area contributed by atoms with E-state index >= 15 is 0 Å². The van der Waals surface area contributed by atoms with E-state index in [4.69, 9.17) is 4.74 Å². The molecule has 0 unspecified atom stereocenters. The first-order chi connectivity index (χ1) is 9.72. The Balaban J connectivity index is 1.55. The average molecular weight is 273 g/mol. The predicted octanol–water partition coefficient (Wildman–Crippen LogP) is 2.11. The number of ketones is 1. The molecule has 2 aliphatic rings. The molecule has 1 aromatic carbocycles. The summed E-state index contributed by atoms with van der Waals surface area (Å²) in [5.41, 5.74) is 1.85. The highest BCUT2D eigenvalue weighted by molar-refractivity contribution is 5.98. The van der Waals surface area contributed by atoms with Gasteiger partial charge >= 0.3 is 0 Å². The minimum atomic E-state index is -0.0963. The van der Waals surface area contributed by atoms with Gasteiger partial charge in [-0.25, -0.2) is 0 Å². The third kappa shape index (κ3) is 3.18. The Hall–Kier alpha value is -1.84. The minimum absolute atomic E-state index is 0.0136. The highest BCUT2D eigenvalue weighted by Crippen LogP contribution is 2.27. The summed E-state index contributed by atoms with van der Waals surface area (Å²) in [5.74, 6) is 1.34. The smallest absolute Gasteiger partial charge is 0.257 e. The lowest BCUT2D eigenvalue weighted by Crippen LogP contribution is -2.30. The molecule has 0 aliphatic heterocycles. The van der Waals surface area contributed by atoms with E-state index in [-0.39, 0.29) is 18.3 Å². The third-order valence-corrected chi connectivity index (χ3v) is 3.89. The summed E-state index contributed by atoms with van der Waals surface area (Å²) in [6.45, 7) is 0.768. The van der Waals surface area contributed by atoms with Crippen molar-refractivity contribution in [3.8, 4) is 5.75 Å². The molecule has 1 aromatic rings. The molecule has 1 saturated carbocycles. The number of hydrogen-bond donors (Lipinski definition) is 1. The van der Waals surface area contributed by atoms with Crippen LogP contribution in [0.25, 0.3) is 0 Å². The van der Waals surface area contributed by atoms with Gasteiger partial charge in [0.15, 0.2) is 12.4 Å². The monoisotopic (exact) mass is 273 g/mol. The van der Waals surface area contributed by atoms with Gasteiger partial charge < -0.3 is 10.1 Å². The van der Waals surface area contributed by atoms with E-state index in [2.05, 4.69) is 5.32 Å². The quantitative estimate of drug-likeness (QED) is 0.894. The first kappa shape index (κ1) is 13.2. The van der Waals surface area contributed by atoms with Crippen molar-refractivity contribution in [2.45, 2.75) is 32.1 Å². The molecule has 1 fully saturated rings. The molecule has 1 amide bonds. The van der Waals surface area contributed by atoms with E-state index < -0.39 is 0 Å². The Morgan fingerprint density at radius 1 is 1.30 bits per heavy atom. The third-order valence-electron chi connectivity index (χ3n) is 3.89. The number of aryl methyl sites for hydroxylation is 1. The van der Waals surface area contributed by atoms with Crippen LogP contribution in [0, 0.1) is 5.92 Å². The first-order valence-electron chi connectivity index (χ1n) is 7.28. The van der Waals surface area contributed by atoms with Crippen molar-refractivity contribution < 1.29 is 14.3 Å². The Bertz CT molecular complexity index is 535. The molecule has 0 heterocycles. The van der Waals surface area contributed by atoms with Crippen molar-refractivity contribution in [1.29, 1.82) is 0 Å². The number of benzene rings is 1. The van der Waals surface area contributed by atoms with Crippen LogP contribution in [0.3, 0.4) is 0 Å². The molecule has 0 saturated heterocycles. The number of Topliss-reactive ketones (excluding diaryl/α,β-unsaturated/α-hetero) is 1. The van der Waals surface area contributed by atoms with Gasteiger partial charge in [-0.1, -0.05) is 6.07 Å². The molecule has 0 radical (unpaired) electrons. The van der Waals surface area contributed by atoms with Gasteiger partial charge in [0, 0.05) is 18.5 Å². The van der Waals surface area contributed by atoms with Crippen molar-refractivity contribution >= 4 is 11.7 Å². The van der Waals surface area contributed by atoms with Crippen molar-refractivity contribution in [1.82, 2.24) is 5.32 Å². The molecule has 0 bridgehead atoms. The highest BCUT2D eigenvalue weighted by Gasteiger charge is 2.21. The summed E-state index contributed by atoms with van der Waals surface area (Å²) in [6, 6.07) is 5.54. The van der Waals surface area contributed by atoms with Gasteiger partial charge in [-0.2, -0.15) is 0 Å². The summed E-state index contributed by atoms with van der Waals surface area (Å²) in [6.07, 6.45) is 4.92. The zero-order valence-electron chi connectivity index (χ0n) is 11.5. The minimum Gasteiger partial charge on any atom is -0.484 e. The van der Waals surface area contributed by atoms with Crippen LogP contribution in [-0.2, 0) is 11.2 Å². The van der Waals surface area contributed by atoms with E-state index in [0.29, 0.717) is 18.1 Å². The van der Waals surface area contributed by atoms with E-state index in [0.717, 1.165) is 30.5 Å². The van der Waals surface area contributed by atoms with Crippen LogP contribution in [0.15, 0.2) is 18.2 Å². The van der Waals surface area contributed by atoms with Gasteiger partial charge in [0.25, 0.3) is 5.91 Å². The standard InChI is InChI=1S/C16H19NO3/c18-15-3-1-2-12-6-7-13(8-14(12)15)20-10-16(19)17-9-11-4-5-11/h6-8,11H,1-5,9-10H2,(H,17,19). The lowest BCUT2D eigenvalue weighted by molar-refractivity contribution is -0.123. The van der Waals surface area contributed by atoms with Crippen LogP contribution in [0.5, 0.6) is 5.75 Å². The summed E-state index contributed by atoms with van der Waals surface area (Å²) in [4.78, 5) is 23.4. The number of carbonyl (C=O) groups is 2. The molecule has 0 aromatic heterocycles. The van der Waals surface area contributed by atoms with Gasteiger partial charge in [0.1, 0.15) is 5.75 Å². The maximum atomic E-state index is 11.8. The summed E-state index contributed by atoms with van der Waals surface area (Å²) < 4.78 is 5.47. The van der Waals surface area contributed by atoms with Crippen molar-refractivity contribution in [3.63, 3.8) is 0 Å². The Morgan fingerprint density at radius 2 is 2.15 bits per heavy atom. The summed E-state index contributed by atoms with van der Waals surface area (Å²) >= 11 is 0. The van der Waals surface area contributed by atoms with E-state index in [9.17, 15) is 9.59 Å². The Morgan fingerprint density at radius 3 is 2.95 bits per heavy atom. The molecule has 2 aliphatic carbocycles. The topological polar surface area (TPSA) is 55.4 Å². The zero-order valence-corrected chi connectivity index (χ0v) is 11.5. The van der Waals surface area contributed by atoms with E-state index in [1.165, 1.54) is 12.8 Å². The second-order valence-corrected chi connectivity index (χ2v) is 5.63. The molecule has 3 rings (SSSR count). The molecule has 106 valence electrons. The number of carbonyl (C=O) groups excluding carboxylic acids is 2. The van der Waals surface area contributed by atoms with Gasteiger partial charge in [-0.3, -0.25) is 9.59 Å². The SMILES string of the molecule is O=C(COc1ccc2c(c1)C(=O)CCC2)NCC1CC1. The first-order valence-corrected chi connectivity index (χ1v) is 7.28. The van der Waals surface area contributed by atoms with Gasteiger partial charge in [-0.05, 0) is 49.3 Å². The maximum absolute atomic E-state index is 11.8. The fourth-order valence-corrected chi connectivity index (χ4v) is 2.48. The van der Waals surface area contributed by atoms with Crippen LogP contribution < -0.4 is 10.1 Å². The maximum Gasteiger partial charge on any atom is 0.257 e. The normalized spacial score (nSPS) is 17.5. The fraction of sp³-hybridized carbons (Fsp3) is 0.500. The molecule has 4 heteroatoms. The number of fused-ring (bicyclic) bond motifs is 1. The lowest BCUT2D eigenvalue weighted by Gasteiger charge is -2.15. The van der Waals surface area contributed by atoms with Crippen molar-refractivity contribution in [2.24, 2.45) is 5.92 Å². The van der Waals surface area contributed by atoms with Crippen LogP contribution in [0.2, 0.25) is 0 Å². The molecule has 1 N–H and O–H groups in total. The Labute approximate surface area is 118 Å². The van der Waals surface area contributed by atoms with Gasteiger partial charge in [-0.15, -0.1) is 0 Å².